The van der Waals surface area contributed by atoms with Gasteiger partial charge in [0.25, 0.3) is 0 Å². The van der Waals surface area contributed by atoms with Crippen molar-refractivity contribution >= 4 is 11.3 Å². The summed E-state index contributed by atoms with van der Waals surface area (Å²) in [5.74, 6) is 0. The van der Waals surface area contributed by atoms with Crippen LogP contribution in [0.15, 0.2) is 5.51 Å². The zero-order valence-corrected chi connectivity index (χ0v) is 11.9. The second-order valence-corrected chi connectivity index (χ2v) is 6.39. The Kier molecular flexibility index (Phi) is 4.57. The SMILES string of the molecule is CNCC1(CCc2scnc2C)CCCCC1. The molecule has 2 nitrogen and oxygen atoms in total. The second-order valence-electron chi connectivity index (χ2n) is 5.45. The number of nitrogens with one attached hydrogen (secondary N) is 1. The molecule has 0 spiro atoms. The summed E-state index contributed by atoms with van der Waals surface area (Å²) in [5.41, 5.74) is 3.78. The Morgan fingerprint density at radius 1 is 1.35 bits per heavy atom. The molecule has 1 fully saturated rings. The van der Waals surface area contributed by atoms with Crippen LogP contribution in [0.3, 0.4) is 0 Å². The van der Waals surface area contributed by atoms with Gasteiger partial charge in [0, 0.05) is 11.4 Å². The zero-order chi connectivity index (χ0) is 12.1. The van der Waals surface area contributed by atoms with Crippen LogP contribution in [-0.2, 0) is 6.42 Å². The van der Waals surface area contributed by atoms with Crippen molar-refractivity contribution in [2.45, 2.75) is 51.9 Å². The molecule has 1 N–H and O–H groups in total. The van der Waals surface area contributed by atoms with Crippen LogP contribution < -0.4 is 5.32 Å². The van der Waals surface area contributed by atoms with Gasteiger partial charge in [-0.2, -0.15) is 0 Å². The van der Waals surface area contributed by atoms with Crippen LogP contribution in [0.25, 0.3) is 0 Å². The number of rotatable bonds is 5. The molecule has 3 heteroatoms. The maximum atomic E-state index is 4.35. The average Bonchev–Trinajstić information content (AvgIpc) is 2.74. The van der Waals surface area contributed by atoms with E-state index in [1.165, 1.54) is 62.1 Å². The predicted molar refractivity (Wildman–Crippen MR) is 74.6 cm³/mol. The molecule has 1 saturated carbocycles. The largest absolute Gasteiger partial charge is 0.319 e. The zero-order valence-electron chi connectivity index (χ0n) is 11.1. The molecule has 0 radical (unpaired) electrons. The Balaban J connectivity index is 1.95. The van der Waals surface area contributed by atoms with Gasteiger partial charge in [0.05, 0.1) is 11.2 Å². The lowest BCUT2D eigenvalue weighted by atomic mass is 9.71. The highest BCUT2D eigenvalue weighted by molar-refractivity contribution is 7.09. The third-order valence-corrected chi connectivity index (χ3v) is 5.19. The van der Waals surface area contributed by atoms with E-state index in [2.05, 4.69) is 24.3 Å². The third-order valence-electron chi connectivity index (χ3n) is 4.19. The Bertz CT molecular complexity index is 334. The van der Waals surface area contributed by atoms with Crippen LogP contribution in [-0.4, -0.2) is 18.6 Å². The summed E-state index contributed by atoms with van der Waals surface area (Å²) in [6.45, 7) is 3.32. The van der Waals surface area contributed by atoms with Gasteiger partial charge >= 0.3 is 0 Å². The molecule has 1 aliphatic rings. The third kappa shape index (κ3) is 3.29. The molecule has 1 aromatic heterocycles. The highest BCUT2D eigenvalue weighted by atomic mass is 32.1. The molecule has 0 bridgehead atoms. The Morgan fingerprint density at radius 2 is 2.12 bits per heavy atom. The van der Waals surface area contributed by atoms with Gasteiger partial charge in [0.1, 0.15) is 0 Å². The van der Waals surface area contributed by atoms with E-state index in [9.17, 15) is 0 Å². The standard InChI is InChI=1S/C14H24N2S/c1-12-13(17-11-16-12)6-9-14(10-15-2)7-4-3-5-8-14/h11,15H,3-10H2,1-2H3. The Labute approximate surface area is 109 Å². The summed E-state index contributed by atoms with van der Waals surface area (Å²) in [5, 5.41) is 3.41. The highest BCUT2D eigenvalue weighted by Gasteiger charge is 2.31. The number of hydrogen-bond acceptors (Lipinski definition) is 3. The van der Waals surface area contributed by atoms with Gasteiger partial charge in [-0.3, -0.25) is 0 Å². The molecule has 0 amide bonds. The van der Waals surface area contributed by atoms with E-state index in [0.717, 1.165) is 0 Å². The van der Waals surface area contributed by atoms with E-state index in [0.29, 0.717) is 5.41 Å². The Morgan fingerprint density at radius 3 is 2.71 bits per heavy atom. The summed E-state index contributed by atoms with van der Waals surface area (Å²) in [4.78, 5) is 5.84. The molecule has 1 aliphatic carbocycles. The fourth-order valence-corrected chi connectivity index (χ4v) is 3.92. The summed E-state index contributed by atoms with van der Waals surface area (Å²) in [7, 11) is 2.09. The van der Waals surface area contributed by atoms with E-state index < -0.39 is 0 Å². The first-order valence-corrected chi connectivity index (χ1v) is 7.67. The van der Waals surface area contributed by atoms with Gasteiger partial charge in [0.15, 0.2) is 0 Å². The average molecular weight is 252 g/mol. The van der Waals surface area contributed by atoms with E-state index >= 15 is 0 Å². The van der Waals surface area contributed by atoms with Crippen molar-refractivity contribution in [2.75, 3.05) is 13.6 Å². The van der Waals surface area contributed by atoms with Gasteiger partial charge < -0.3 is 5.32 Å². The number of thiazole rings is 1. The molecular formula is C14H24N2S. The number of aryl methyl sites for hydroxylation is 2. The van der Waals surface area contributed by atoms with E-state index in [4.69, 9.17) is 0 Å². The molecule has 0 aromatic carbocycles. The van der Waals surface area contributed by atoms with E-state index in [-0.39, 0.29) is 0 Å². The van der Waals surface area contributed by atoms with Crippen LogP contribution in [0.1, 0.15) is 49.1 Å². The molecule has 1 aromatic rings. The van der Waals surface area contributed by atoms with Crippen molar-refractivity contribution in [1.82, 2.24) is 10.3 Å². The first-order chi connectivity index (χ1) is 8.26. The van der Waals surface area contributed by atoms with Crippen LogP contribution in [0, 0.1) is 12.3 Å². The normalized spacial score (nSPS) is 19.4. The first kappa shape index (κ1) is 13.0. The number of aromatic nitrogens is 1. The second kappa shape index (κ2) is 5.96. The van der Waals surface area contributed by atoms with E-state index in [1.54, 1.807) is 0 Å². The van der Waals surface area contributed by atoms with Crippen molar-refractivity contribution in [2.24, 2.45) is 5.41 Å². The Hall–Kier alpha value is -0.410. The molecule has 0 saturated heterocycles. The van der Waals surface area contributed by atoms with Crippen LogP contribution in [0.4, 0.5) is 0 Å². The molecule has 1 heterocycles. The van der Waals surface area contributed by atoms with Gasteiger partial charge in [-0.25, -0.2) is 4.98 Å². The highest BCUT2D eigenvalue weighted by Crippen LogP contribution is 2.40. The topological polar surface area (TPSA) is 24.9 Å². The van der Waals surface area contributed by atoms with Gasteiger partial charge in [-0.05, 0) is 45.1 Å². The first-order valence-electron chi connectivity index (χ1n) is 6.79. The molecular weight excluding hydrogens is 228 g/mol. The molecule has 17 heavy (non-hydrogen) atoms. The lowest BCUT2D eigenvalue weighted by molar-refractivity contribution is 0.171. The van der Waals surface area contributed by atoms with Crippen molar-refractivity contribution in [1.29, 1.82) is 0 Å². The van der Waals surface area contributed by atoms with Crippen molar-refractivity contribution in [3.05, 3.63) is 16.1 Å². The predicted octanol–water partition coefficient (Wildman–Crippen LogP) is 3.55. The molecule has 0 atom stereocenters. The minimum atomic E-state index is 0.559. The maximum absolute atomic E-state index is 4.35. The molecule has 0 unspecified atom stereocenters. The van der Waals surface area contributed by atoms with Crippen LogP contribution in [0.5, 0.6) is 0 Å². The smallest absolute Gasteiger partial charge is 0.0797 e. The van der Waals surface area contributed by atoms with Crippen molar-refractivity contribution < 1.29 is 0 Å². The van der Waals surface area contributed by atoms with Gasteiger partial charge in [-0.1, -0.05) is 19.3 Å². The summed E-state index contributed by atoms with van der Waals surface area (Å²) in [6, 6.07) is 0. The summed E-state index contributed by atoms with van der Waals surface area (Å²) >= 11 is 1.82. The fourth-order valence-electron chi connectivity index (χ4n) is 3.14. The molecule has 2 rings (SSSR count). The van der Waals surface area contributed by atoms with Gasteiger partial charge in [-0.15, -0.1) is 11.3 Å². The van der Waals surface area contributed by atoms with Crippen molar-refractivity contribution in [3.63, 3.8) is 0 Å². The fraction of sp³-hybridized carbons (Fsp3) is 0.786. The minimum Gasteiger partial charge on any atom is -0.319 e. The van der Waals surface area contributed by atoms with E-state index in [1.807, 2.05) is 16.8 Å². The van der Waals surface area contributed by atoms with Gasteiger partial charge in [0.2, 0.25) is 0 Å². The lowest BCUT2D eigenvalue weighted by Gasteiger charge is -2.37. The monoisotopic (exact) mass is 252 g/mol. The minimum absolute atomic E-state index is 0.559. The maximum Gasteiger partial charge on any atom is 0.0797 e. The lowest BCUT2D eigenvalue weighted by Crippen LogP contribution is -2.35. The number of nitrogens with zero attached hydrogens (tertiary/aromatic N) is 1. The number of hydrogen-bond donors (Lipinski definition) is 1. The quantitative estimate of drug-likeness (QED) is 0.867. The van der Waals surface area contributed by atoms with Crippen LogP contribution in [0.2, 0.25) is 0 Å². The van der Waals surface area contributed by atoms with Crippen LogP contribution >= 0.6 is 11.3 Å². The summed E-state index contributed by atoms with van der Waals surface area (Å²) < 4.78 is 0. The van der Waals surface area contributed by atoms with Crippen molar-refractivity contribution in [3.8, 4) is 0 Å². The summed E-state index contributed by atoms with van der Waals surface area (Å²) in [6.07, 6.45) is 9.64. The molecule has 0 aliphatic heterocycles. The molecule has 96 valence electrons.